The number of aliphatic imine (C=N–C) groups is 1. The number of nitrogens with one attached hydrogen (secondary N) is 1. The molecule has 0 aliphatic heterocycles. The molecule has 0 spiro atoms. The van der Waals surface area contributed by atoms with Crippen LogP contribution in [0.15, 0.2) is 64.7 Å². The Morgan fingerprint density at radius 1 is 1.45 bits per heavy atom. The average Bonchev–Trinajstić information content (AvgIpc) is 2.47. The maximum absolute atomic E-state index is 13.6. The van der Waals surface area contributed by atoms with Gasteiger partial charge >= 0.3 is 0 Å². The lowest BCUT2D eigenvalue weighted by Crippen LogP contribution is -2.21. The van der Waals surface area contributed by atoms with Crippen molar-refractivity contribution in [2.75, 3.05) is 0 Å². The number of rotatable bonds is 9. The van der Waals surface area contributed by atoms with E-state index >= 15 is 0 Å². The molecule has 0 heterocycles. The summed E-state index contributed by atoms with van der Waals surface area (Å²) in [6, 6.07) is 0. The molecule has 20 heavy (non-hydrogen) atoms. The first-order valence-electron chi connectivity index (χ1n) is 6.58. The van der Waals surface area contributed by atoms with Gasteiger partial charge in [-0.1, -0.05) is 31.7 Å². The van der Waals surface area contributed by atoms with Gasteiger partial charge in [0.25, 0.3) is 0 Å². The Kier molecular flexibility index (Phi) is 9.87. The molecule has 4 heteroatoms. The summed E-state index contributed by atoms with van der Waals surface area (Å²) in [4.78, 5) is 3.66. The van der Waals surface area contributed by atoms with Crippen molar-refractivity contribution in [1.29, 1.82) is 0 Å². The van der Waals surface area contributed by atoms with Crippen molar-refractivity contribution in [1.82, 2.24) is 5.43 Å². The molecule has 0 aliphatic rings. The summed E-state index contributed by atoms with van der Waals surface area (Å²) >= 11 is 0. The van der Waals surface area contributed by atoms with Crippen LogP contribution in [0.25, 0.3) is 0 Å². The normalized spacial score (nSPS) is 14.2. The Morgan fingerprint density at radius 3 is 2.65 bits per heavy atom. The Hall–Kier alpha value is -1.94. The van der Waals surface area contributed by atoms with E-state index in [-0.39, 0.29) is 5.83 Å². The third-order valence-electron chi connectivity index (χ3n) is 2.71. The fourth-order valence-corrected chi connectivity index (χ4v) is 1.57. The molecule has 0 unspecified atom stereocenters. The van der Waals surface area contributed by atoms with Crippen LogP contribution in [0.5, 0.6) is 0 Å². The van der Waals surface area contributed by atoms with Crippen LogP contribution in [0.4, 0.5) is 4.39 Å². The second-order valence-corrected chi connectivity index (χ2v) is 4.18. The van der Waals surface area contributed by atoms with Crippen molar-refractivity contribution in [3.8, 4) is 0 Å². The molecule has 0 aromatic carbocycles. The monoisotopic (exact) mass is 277 g/mol. The van der Waals surface area contributed by atoms with Gasteiger partial charge in [0.2, 0.25) is 0 Å². The van der Waals surface area contributed by atoms with Crippen molar-refractivity contribution in [3.63, 3.8) is 0 Å². The summed E-state index contributed by atoms with van der Waals surface area (Å²) in [7, 11) is 0. The van der Waals surface area contributed by atoms with Crippen LogP contribution in [0.3, 0.4) is 0 Å². The smallest absolute Gasteiger partial charge is 0.125 e. The van der Waals surface area contributed by atoms with Gasteiger partial charge in [0.1, 0.15) is 5.83 Å². The molecule has 0 aliphatic carbocycles. The molecule has 3 nitrogen and oxygen atoms in total. The minimum atomic E-state index is -0.277. The second kappa shape index (κ2) is 10.9. The van der Waals surface area contributed by atoms with Crippen LogP contribution in [0.1, 0.15) is 33.1 Å². The van der Waals surface area contributed by atoms with Gasteiger partial charge in [0.05, 0.1) is 11.9 Å². The van der Waals surface area contributed by atoms with E-state index in [2.05, 4.69) is 23.7 Å². The largest absolute Gasteiger partial charge is 0.322 e. The van der Waals surface area contributed by atoms with Crippen molar-refractivity contribution >= 4 is 6.72 Å². The standard InChI is InChI=1S/C16H24FN3/c1-5-7-10-14(15(17)6-2)11-8-9-13(3)16(20-18)12-19-4/h6-7,9-10,12,20H,2,4-5,8,11,18H2,1,3H3/b10-7-,13-9-,15-14-,16-12+. The maximum atomic E-state index is 13.6. The first-order valence-corrected chi connectivity index (χ1v) is 6.58. The Morgan fingerprint density at radius 2 is 2.15 bits per heavy atom. The maximum Gasteiger partial charge on any atom is 0.125 e. The predicted molar refractivity (Wildman–Crippen MR) is 85.7 cm³/mol. The topological polar surface area (TPSA) is 50.4 Å². The molecule has 0 aromatic heterocycles. The molecule has 0 radical (unpaired) electrons. The zero-order valence-corrected chi connectivity index (χ0v) is 12.3. The highest BCUT2D eigenvalue weighted by atomic mass is 19.1. The molecule has 0 amide bonds. The molecule has 110 valence electrons. The van der Waals surface area contributed by atoms with Crippen LogP contribution in [-0.2, 0) is 0 Å². The summed E-state index contributed by atoms with van der Waals surface area (Å²) in [5.41, 5.74) is 4.84. The van der Waals surface area contributed by atoms with E-state index < -0.39 is 0 Å². The first kappa shape index (κ1) is 18.1. The quantitative estimate of drug-likeness (QED) is 0.288. The molecule has 0 fully saturated rings. The predicted octanol–water partition coefficient (Wildman–Crippen LogP) is 4.09. The highest BCUT2D eigenvalue weighted by Gasteiger charge is 2.01. The van der Waals surface area contributed by atoms with Crippen LogP contribution >= 0.6 is 0 Å². The number of halogens is 1. The zero-order valence-electron chi connectivity index (χ0n) is 12.3. The van der Waals surface area contributed by atoms with Gasteiger partial charge in [-0.05, 0) is 50.1 Å². The average molecular weight is 277 g/mol. The molecule has 0 saturated carbocycles. The van der Waals surface area contributed by atoms with Crippen LogP contribution < -0.4 is 11.3 Å². The van der Waals surface area contributed by atoms with E-state index in [0.717, 1.165) is 12.0 Å². The minimum Gasteiger partial charge on any atom is -0.322 e. The number of hydrogen-bond donors (Lipinski definition) is 2. The van der Waals surface area contributed by atoms with Gasteiger partial charge in [-0.3, -0.25) is 10.8 Å². The lowest BCUT2D eigenvalue weighted by Gasteiger charge is -2.06. The first-order chi connectivity index (χ1) is 9.60. The van der Waals surface area contributed by atoms with Gasteiger partial charge in [0.15, 0.2) is 0 Å². The van der Waals surface area contributed by atoms with E-state index in [0.29, 0.717) is 24.1 Å². The number of nitrogens with zero attached hydrogens (tertiary/aromatic N) is 1. The molecule has 0 bridgehead atoms. The lowest BCUT2D eigenvalue weighted by molar-refractivity contribution is 0.650. The third kappa shape index (κ3) is 6.85. The molecule has 0 atom stereocenters. The molecule has 0 saturated heterocycles. The Balaban J connectivity index is 4.81. The van der Waals surface area contributed by atoms with E-state index in [1.54, 1.807) is 6.20 Å². The Labute approximate surface area is 121 Å². The number of hydrogen-bond acceptors (Lipinski definition) is 3. The number of nitrogens with two attached hydrogens (primary N) is 1. The van der Waals surface area contributed by atoms with Gasteiger partial charge in [0, 0.05) is 0 Å². The molecule has 0 aromatic rings. The van der Waals surface area contributed by atoms with Crippen LogP contribution in [-0.4, -0.2) is 6.72 Å². The highest BCUT2D eigenvalue weighted by molar-refractivity contribution is 5.33. The summed E-state index contributed by atoms with van der Waals surface area (Å²) in [5.74, 6) is 5.11. The van der Waals surface area contributed by atoms with E-state index in [1.165, 1.54) is 6.08 Å². The summed E-state index contributed by atoms with van der Waals surface area (Å²) in [5, 5.41) is 0. The highest BCUT2D eigenvalue weighted by Crippen LogP contribution is 2.17. The Bertz CT molecular complexity index is 443. The fraction of sp³-hybridized carbons (Fsp3) is 0.312. The van der Waals surface area contributed by atoms with E-state index in [4.69, 9.17) is 5.84 Å². The number of hydrazine groups is 1. The molecule has 0 rings (SSSR count). The molecular weight excluding hydrogens is 253 g/mol. The van der Waals surface area contributed by atoms with Crippen LogP contribution in [0, 0.1) is 0 Å². The fourth-order valence-electron chi connectivity index (χ4n) is 1.57. The van der Waals surface area contributed by atoms with Crippen molar-refractivity contribution in [2.24, 2.45) is 10.8 Å². The second-order valence-electron chi connectivity index (χ2n) is 4.18. The summed E-state index contributed by atoms with van der Waals surface area (Å²) in [6.45, 7) is 10.8. The SMILES string of the molecule is C=C/C(F)=C(\C=C/CC)CC/C=C(C)\C(=C/N=C)NN. The molecule has 3 N–H and O–H groups in total. The van der Waals surface area contributed by atoms with Gasteiger partial charge in [-0.25, -0.2) is 4.39 Å². The van der Waals surface area contributed by atoms with E-state index in [9.17, 15) is 4.39 Å². The van der Waals surface area contributed by atoms with E-state index in [1.807, 2.05) is 32.1 Å². The van der Waals surface area contributed by atoms with Gasteiger partial charge < -0.3 is 5.43 Å². The van der Waals surface area contributed by atoms with Crippen molar-refractivity contribution in [3.05, 3.63) is 59.8 Å². The van der Waals surface area contributed by atoms with Crippen LogP contribution in [0.2, 0.25) is 0 Å². The van der Waals surface area contributed by atoms with Gasteiger partial charge in [-0.15, -0.1) is 0 Å². The third-order valence-corrected chi connectivity index (χ3v) is 2.71. The zero-order chi connectivity index (χ0) is 15.4. The van der Waals surface area contributed by atoms with Gasteiger partial charge in [-0.2, -0.15) is 0 Å². The summed E-state index contributed by atoms with van der Waals surface area (Å²) in [6.07, 6.45) is 10.7. The molecular formula is C16H24FN3. The van der Waals surface area contributed by atoms with Crippen molar-refractivity contribution < 1.29 is 4.39 Å². The summed E-state index contributed by atoms with van der Waals surface area (Å²) < 4.78 is 13.6. The number of allylic oxidation sites excluding steroid dienone is 7. The van der Waals surface area contributed by atoms with Crippen molar-refractivity contribution in [2.45, 2.75) is 33.1 Å². The minimum absolute atomic E-state index is 0.277. The lowest BCUT2D eigenvalue weighted by atomic mass is 10.1.